The zero-order valence-corrected chi connectivity index (χ0v) is 5.49. The van der Waals surface area contributed by atoms with Crippen molar-refractivity contribution < 1.29 is 10.2 Å². The summed E-state index contributed by atoms with van der Waals surface area (Å²) in [4.78, 5) is 1.90. The number of hydrogen-bond donors (Lipinski definition) is 2. The molecule has 0 aliphatic carbocycles. The van der Waals surface area contributed by atoms with E-state index in [1.807, 2.05) is 18.4 Å². The molecule has 9 heavy (non-hydrogen) atoms. The number of nitrogens with zero attached hydrogens (tertiary/aromatic N) is 1. The first-order chi connectivity index (χ1) is 4.24. The van der Waals surface area contributed by atoms with Crippen LogP contribution >= 0.6 is 0 Å². The largest absolute Gasteiger partial charge is 0.389 e. The minimum absolute atomic E-state index is 0.554. The fourth-order valence-corrected chi connectivity index (χ4v) is 1.01. The van der Waals surface area contributed by atoms with Crippen molar-refractivity contribution >= 4 is 0 Å². The molecule has 1 fully saturated rings. The van der Waals surface area contributed by atoms with E-state index in [0.29, 0.717) is 13.1 Å². The van der Waals surface area contributed by atoms with Gasteiger partial charge in [-0.15, -0.1) is 0 Å². The molecule has 1 saturated heterocycles. The number of aliphatic hydroxyl groups excluding tert-OH is 2. The zero-order chi connectivity index (χ0) is 6.85. The third-order valence-electron chi connectivity index (χ3n) is 1.65. The van der Waals surface area contributed by atoms with Gasteiger partial charge in [-0.05, 0) is 6.92 Å². The molecular weight excluding hydrogens is 118 g/mol. The highest BCUT2D eigenvalue weighted by Crippen LogP contribution is 2.09. The van der Waals surface area contributed by atoms with E-state index >= 15 is 0 Å². The molecule has 2 atom stereocenters. The molecule has 1 aliphatic heterocycles. The lowest BCUT2D eigenvalue weighted by Crippen LogP contribution is -2.22. The van der Waals surface area contributed by atoms with Crippen molar-refractivity contribution in [3.63, 3.8) is 0 Å². The van der Waals surface area contributed by atoms with Crippen LogP contribution in [0.5, 0.6) is 0 Å². The van der Waals surface area contributed by atoms with E-state index in [2.05, 4.69) is 0 Å². The number of likely N-dealkylation sites (tertiary alicyclic amines) is 1. The highest BCUT2D eigenvalue weighted by Gasteiger charge is 2.27. The first kappa shape index (κ1) is 6.99. The van der Waals surface area contributed by atoms with Gasteiger partial charge in [0.25, 0.3) is 0 Å². The van der Waals surface area contributed by atoms with E-state index in [0.717, 1.165) is 0 Å². The lowest BCUT2D eigenvalue weighted by atomic mass is 10.3. The Hall–Kier alpha value is -0.120. The van der Waals surface area contributed by atoms with Crippen LogP contribution in [-0.2, 0) is 0 Å². The monoisotopic (exact) mass is 130 g/mol. The van der Waals surface area contributed by atoms with Crippen LogP contribution in [0.2, 0.25) is 0 Å². The highest BCUT2D eigenvalue weighted by molar-refractivity contribution is 4.85. The average Bonchev–Trinajstić information content (AvgIpc) is 2.13. The maximum absolute atomic E-state index is 8.99. The van der Waals surface area contributed by atoms with Gasteiger partial charge in [0.05, 0.1) is 12.2 Å². The Kier molecular flexibility index (Phi) is 2.05. The molecule has 3 heteroatoms. The molecule has 0 aromatic carbocycles. The summed E-state index contributed by atoms with van der Waals surface area (Å²) in [7, 11) is 0. The van der Waals surface area contributed by atoms with Crippen molar-refractivity contribution in [2.75, 3.05) is 13.1 Å². The summed E-state index contributed by atoms with van der Waals surface area (Å²) < 4.78 is 0. The van der Waals surface area contributed by atoms with Crippen LogP contribution in [0.15, 0.2) is 0 Å². The van der Waals surface area contributed by atoms with Gasteiger partial charge in [-0.1, -0.05) is 0 Å². The molecule has 53 valence electrons. The lowest BCUT2D eigenvalue weighted by molar-refractivity contribution is 0.0572. The van der Waals surface area contributed by atoms with E-state index in [1.165, 1.54) is 0 Å². The number of β-amino-alcohol motifs (C(OH)–C–C–N with tert-alkyl or cyclic N) is 2. The van der Waals surface area contributed by atoms with Gasteiger partial charge in [0.1, 0.15) is 0 Å². The first-order valence-corrected chi connectivity index (χ1v) is 3.13. The fourth-order valence-electron chi connectivity index (χ4n) is 1.01. The number of hydrogen-bond acceptors (Lipinski definition) is 3. The normalized spacial score (nSPS) is 37.7. The zero-order valence-electron chi connectivity index (χ0n) is 5.49. The van der Waals surface area contributed by atoms with Gasteiger partial charge in [0.15, 0.2) is 0 Å². The molecule has 1 rings (SSSR count). The summed E-state index contributed by atoms with van der Waals surface area (Å²) in [6, 6.07) is 0. The Morgan fingerprint density at radius 2 is 1.78 bits per heavy atom. The molecule has 0 bridgehead atoms. The van der Waals surface area contributed by atoms with Gasteiger partial charge in [-0.3, -0.25) is 4.90 Å². The van der Waals surface area contributed by atoms with Gasteiger partial charge in [-0.2, -0.15) is 0 Å². The summed E-state index contributed by atoms with van der Waals surface area (Å²) in [6.07, 6.45) is -1.11. The minimum Gasteiger partial charge on any atom is -0.389 e. The van der Waals surface area contributed by atoms with Crippen molar-refractivity contribution in [1.29, 1.82) is 0 Å². The van der Waals surface area contributed by atoms with Gasteiger partial charge in [-0.25, -0.2) is 0 Å². The quantitative estimate of drug-likeness (QED) is 0.488. The molecule has 0 aromatic rings. The molecule has 1 radical (unpaired) electrons. The Bertz CT molecular complexity index is 87.1. The average molecular weight is 130 g/mol. The van der Waals surface area contributed by atoms with Crippen LogP contribution in [0.1, 0.15) is 6.92 Å². The highest BCUT2D eigenvalue weighted by atomic mass is 16.3. The van der Waals surface area contributed by atoms with Crippen molar-refractivity contribution in [3.05, 3.63) is 6.54 Å². The van der Waals surface area contributed by atoms with Gasteiger partial charge < -0.3 is 10.2 Å². The molecule has 0 amide bonds. The van der Waals surface area contributed by atoms with Gasteiger partial charge in [0, 0.05) is 19.6 Å². The molecule has 0 spiro atoms. The number of rotatable bonds is 1. The Morgan fingerprint density at radius 1 is 1.33 bits per heavy atom. The molecule has 2 N–H and O–H groups in total. The second-order valence-corrected chi connectivity index (χ2v) is 2.35. The van der Waals surface area contributed by atoms with Crippen molar-refractivity contribution in [1.82, 2.24) is 4.90 Å². The molecule has 2 unspecified atom stereocenters. The predicted molar refractivity (Wildman–Crippen MR) is 33.6 cm³/mol. The molecular formula is C6H12NO2. The van der Waals surface area contributed by atoms with Crippen LogP contribution in [0.3, 0.4) is 0 Å². The van der Waals surface area contributed by atoms with Crippen molar-refractivity contribution in [2.24, 2.45) is 0 Å². The first-order valence-electron chi connectivity index (χ1n) is 3.13. The van der Waals surface area contributed by atoms with Crippen LogP contribution in [0.25, 0.3) is 0 Å². The SMILES string of the molecule is C[CH]N1CC(O)C(O)C1. The predicted octanol–water partition coefficient (Wildman–Crippen LogP) is -0.795. The standard InChI is InChI=1S/C6H12NO2/c1-2-7-3-5(8)6(9)4-7/h2,5-6,8-9H,3-4H2,1H3. The second-order valence-electron chi connectivity index (χ2n) is 2.35. The van der Waals surface area contributed by atoms with Gasteiger partial charge >= 0.3 is 0 Å². The Labute approximate surface area is 54.9 Å². The van der Waals surface area contributed by atoms with Crippen LogP contribution in [0, 0.1) is 6.54 Å². The smallest absolute Gasteiger partial charge is 0.0938 e. The van der Waals surface area contributed by atoms with Crippen molar-refractivity contribution in [2.45, 2.75) is 19.1 Å². The summed E-state index contributed by atoms with van der Waals surface area (Å²) in [5.74, 6) is 0. The van der Waals surface area contributed by atoms with Crippen LogP contribution in [0.4, 0.5) is 0 Å². The lowest BCUT2D eigenvalue weighted by Gasteiger charge is -2.08. The summed E-state index contributed by atoms with van der Waals surface area (Å²) in [6.45, 7) is 4.90. The van der Waals surface area contributed by atoms with E-state index in [1.54, 1.807) is 0 Å². The van der Waals surface area contributed by atoms with Gasteiger partial charge in [0.2, 0.25) is 0 Å². The Morgan fingerprint density at radius 3 is 2.00 bits per heavy atom. The van der Waals surface area contributed by atoms with Crippen LogP contribution in [-0.4, -0.2) is 40.4 Å². The topological polar surface area (TPSA) is 43.7 Å². The maximum atomic E-state index is 8.99. The second kappa shape index (κ2) is 2.64. The molecule has 1 aliphatic rings. The third-order valence-corrected chi connectivity index (χ3v) is 1.65. The summed E-state index contributed by atoms with van der Waals surface area (Å²) in [5, 5.41) is 18.0. The van der Waals surface area contributed by atoms with Crippen molar-refractivity contribution in [3.8, 4) is 0 Å². The summed E-state index contributed by atoms with van der Waals surface area (Å²) in [5.41, 5.74) is 0. The molecule has 3 nitrogen and oxygen atoms in total. The minimum atomic E-state index is -0.554. The maximum Gasteiger partial charge on any atom is 0.0938 e. The molecule has 1 heterocycles. The fraction of sp³-hybridized carbons (Fsp3) is 0.833. The van der Waals surface area contributed by atoms with E-state index in [-0.39, 0.29) is 0 Å². The summed E-state index contributed by atoms with van der Waals surface area (Å²) >= 11 is 0. The van der Waals surface area contributed by atoms with E-state index in [9.17, 15) is 0 Å². The number of aliphatic hydroxyl groups is 2. The van der Waals surface area contributed by atoms with Crippen LogP contribution < -0.4 is 0 Å². The van der Waals surface area contributed by atoms with E-state index in [4.69, 9.17) is 10.2 Å². The molecule has 0 aromatic heterocycles. The Balaban J connectivity index is 2.35. The third kappa shape index (κ3) is 1.41. The molecule has 0 saturated carbocycles. The van der Waals surface area contributed by atoms with E-state index < -0.39 is 12.2 Å².